The minimum Gasteiger partial charge on any atom is -0.394 e. The van der Waals surface area contributed by atoms with Crippen LogP contribution < -0.4 is 5.32 Å². The Bertz CT molecular complexity index is 1300. The van der Waals surface area contributed by atoms with Gasteiger partial charge in [-0.15, -0.1) is 0 Å². The van der Waals surface area contributed by atoms with E-state index in [1.807, 2.05) is 6.08 Å². The van der Waals surface area contributed by atoms with Gasteiger partial charge < -0.3 is 40.3 Å². The average molecular weight is 1040 g/mol. The first-order valence-corrected chi connectivity index (χ1v) is 31.9. The molecule has 7 unspecified atom stereocenters. The summed E-state index contributed by atoms with van der Waals surface area (Å²) in [5.41, 5.74) is 0. The highest BCUT2D eigenvalue weighted by Crippen LogP contribution is 2.23. The Kier molecular flexibility index (Phi) is 51.7. The van der Waals surface area contributed by atoms with Gasteiger partial charge in [-0.2, -0.15) is 0 Å². The van der Waals surface area contributed by atoms with Crippen molar-refractivity contribution in [3.8, 4) is 0 Å². The average Bonchev–Trinajstić information content (AvgIpc) is 3.40. The summed E-state index contributed by atoms with van der Waals surface area (Å²) in [6.07, 6.45) is 66.3. The van der Waals surface area contributed by atoms with E-state index in [9.17, 15) is 30.3 Å². The molecule has 1 heterocycles. The second-order valence-electron chi connectivity index (χ2n) is 22.2. The zero-order chi connectivity index (χ0) is 53.6. The predicted octanol–water partition coefficient (Wildman–Crippen LogP) is 16.5. The fourth-order valence-corrected chi connectivity index (χ4v) is 10.1. The number of hydrogen-bond acceptors (Lipinski definition) is 8. The van der Waals surface area contributed by atoms with Gasteiger partial charge in [-0.05, 0) is 64.2 Å². The minimum atomic E-state index is -1.57. The Balaban J connectivity index is 2.14. The van der Waals surface area contributed by atoms with E-state index in [1.54, 1.807) is 6.08 Å². The molecule has 1 aliphatic rings. The zero-order valence-corrected chi connectivity index (χ0v) is 48.4. The van der Waals surface area contributed by atoms with Crippen LogP contribution in [0.3, 0.4) is 0 Å². The lowest BCUT2D eigenvalue weighted by molar-refractivity contribution is -0.302. The van der Waals surface area contributed by atoms with Gasteiger partial charge in [0.15, 0.2) is 6.29 Å². The third-order valence-corrected chi connectivity index (χ3v) is 15.1. The van der Waals surface area contributed by atoms with Gasteiger partial charge in [0.05, 0.1) is 25.4 Å². The van der Waals surface area contributed by atoms with E-state index in [0.29, 0.717) is 6.42 Å². The maximum Gasteiger partial charge on any atom is 0.220 e. The quantitative estimate of drug-likeness (QED) is 0.0261. The van der Waals surface area contributed by atoms with E-state index in [2.05, 4.69) is 55.6 Å². The maximum absolute atomic E-state index is 13.1. The zero-order valence-electron chi connectivity index (χ0n) is 48.4. The molecule has 0 spiro atoms. The van der Waals surface area contributed by atoms with Crippen LogP contribution in [0.2, 0.25) is 0 Å². The third kappa shape index (κ3) is 43.2. The summed E-state index contributed by atoms with van der Waals surface area (Å²) in [6.45, 7) is 3.79. The Labute approximate surface area is 456 Å². The molecule has 9 nitrogen and oxygen atoms in total. The molecule has 0 saturated carbocycles. The number of aliphatic hydroxyl groups excluding tert-OH is 5. The summed E-state index contributed by atoms with van der Waals surface area (Å²) in [5, 5.41) is 54.5. The van der Waals surface area contributed by atoms with Crippen molar-refractivity contribution in [1.82, 2.24) is 5.32 Å². The summed E-state index contributed by atoms with van der Waals surface area (Å²) in [4.78, 5) is 13.1. The molecule has 9 heteroatoms. The number of nitrogens with one attached hydrogen (secondary N) is 1. The van der Waals surface area contributed by atoms with Crippen LogP contribution in [0.4, 0.5) is 0 Å². The molecule has 0 aliphatic carbocycles. The minimum absolute atomic E-state index is 0.183. The Morgan fingerprint density at radius 2 is 0.811 bits per heavy atom. The molecule has 0 aromatic carbocycles. The van der Waals surface area contributed by atoms with E-state index in [1.165, 1.54) is 238 Å². The highest BCUT2D eigenvalue weighted by Gasteiger charge is 2.44. The van der Waals surface area contributed by atoms with Crippen molar-refractivity contribution in [2.75, 3.05) is 13.2 Å². The molecule has 1 rings (SSSR count). The van der Waals surface area contributed by atoms with Gasteiger partial charge in [-0.3, -0.25) is 4.79 Å². The molecule has 0 aromatic heterocycles. The Morgan fingerprint density at radius 3 is 1.22 bits per heavy atom. The Morgan fingerprint density at radius 1 is 0.459 bits per heavy atom. The van der Waals surface area contributed by atoms with Crippen LogP contribution in [-0.2, 0) is 14.3 Å². The lowest BCUT2D eigenvalue weighted by Gasteiger charge is -2.40. The number of carbonyl (C=O) groups excluding carboxylic acids is 1. The first-order valence-electron chi connectivity index (χ1n) is 31.9. The molecule has 434 valence electrons. The summed E-state index contributed by atoms with van der Waals surface area (Å²) in [6, 6.07) is -0.822. The summed E-state index contributed by atoms with van der Waals surface area (Å²) < 4.78 is 11.3. The fraction of sp³-hybridized carbons (Fsp3) is 0.862. The van der Waals surface area contributed by atoms with E-state index in [-0.39, 0.29) is 12.5 Å². The molecule has 74 heavy (non-hydrogen) atoms. The van der Waals surface area contributed by atoms with Crippen molar-refractivity contribution in [2.45, 2.75) is 346 Å². The second-order valence-corrected chi connectivity index (χ2v) is 22.2. The van der Waals surface area contributed by atoms with Gasteiger partial charge in [0, 0.05) is 6.42 Å². The lowest BCUT2D eigenvalue weighted by atomic mass is 9.99. The lowest BCUT2D eigenvalue weighted by Crippen LogP contribution is -2.60. The highest BCUT2D eigenvalue weighted by molar-refractivity contribution is 5.76. The van der Waals surface area contributed by atoms with Crippen LogP contribution in [0, 0.1) is 0 Å². The molecular formula is C65H121NO8. The van der Waals surface area contributed by atoms with Crippen LogP contribution in [0.15, 0.2) is 48.6 Å². The molecule has 1 aliphatic heterocycles. The fourth-order valence-electron chi connectivity index (χ4n) is 10.1. The largest absolute Gasteiger partial charge is 0.394 e. The predicted molar refractivity (Wildman–Crippen MR) is 313 cm³/mol. The van der Waals surface area contributed by atoms with Crippen LogP contribution in [-0.4, -0.2) is 87.5 Å². The molecule has 6 N–H and O–H groups in total. The molecule has 1 saturated heterocycles. The van der Waals surface area contributed by atoms with Gasteiger partial charge in [-0.1, -0.05) is 281 Å². The summed E-state index contributed by atoms with van der Waals surface area (Å²) in [5.74, 6) is -0.183. The molecule has 1 fully saturated rings. The van der Waals surface area contributed by atoms with Crippen molar-refractivity contribution in [1.29, 1.82) is 0 Å². The molecular weight excluding hydrogens is 923 g/mol. The third-order valence-electron chi connectivity index (χ3n) is 15.1. The molecule has 1 amide bonds. The second kappa shape index (κ2) is 54.5. The first-order chi connectivity index (χ1) is 36.3. The number of allylic oxidation sites excluding steroid dienone is 7. The van der Waals surface area contributed by atoms with Crippen molar-refractivity contribution in [3.63, 3.8) is 0 Å². The number of hydrogen-bond donors (Lipinski definition) is 6. The number of ether oxygens (including phenoxy) is 2. The number of amides is 1. The van der Waals surface area contributed by atoms with Crippen LogP contribution in [0.25, 0.3) is 0 Å². The Hall–Kier alpha value is -1.85. The number of rotatable bonds is 55. The van der Waals surface area contributed by atoms with Crippen LogP contribution >= 0.6 is 0 Å². The van der Waals surface area contributed by atoms with Crippen molar-refractivity contribution in [3.05, 3.63) is 48.6 Å². The van der Waals surface area contributed by atoms with Crippen molar-refractivity contribution in [2.24, 2.45) is 0 Å². The van der Waals surface area contributed by atoms with E-state index < -0.39 is 49.5 Å². The van der Waals surface area contributed by atoms with Gasteiger partial charge in [0.2, 0.25) is 5.91 Å². The topological polar surface area (TPSA) is 149 Å². The number of aliphatic hydroxyl groups is 5. The van der Waals surface area contributed by atoms with Gasteiger partial charge in [0.1, 0.15) is 24.4 Å². The van der Waals surface area contributed by atoms with Crippen LogP contribution in [0.1, 0.15) is 303 Å². The van der Waals surface area contributed by atoms with Crippen LogP contribution in [0.5, 0.6) is 0 Å². The van der Waals surface area contributed by atoms with Gasteiger partial charge in [0.25, 0.3) is 0 Å². The summed E-state index contributed by atoms with van der Waals surface area (Å²) in [7, 11) is 0. The molecule has 0 bridgehead atoms. The van der Waals surface area contributed by atoms with Crippen molar-refractivity contribution < 1.29 is 39.8 Å². The SMILES string of the molecule is CCCCCCCCCCC/C=C\C/C=C\CCCCCCCCCCCCCCCCCCCC(=O)NC(COC1OC(CO)C(O)C(O)C1O)C(O)/C=C/CC/C=C/CCCCCCCCCCCCCC. The normalized spacial score (nSPS) is 19.3. The highest BCUT2D eigenvalue weighted by atomic mass is 16.7. The first kappa shape index (κ1) is 70.2. The van der Waals surface area contributed by atoms with E-state index in [4.69, 9.17) is 9.47 Å². The molecule has 0 radical (unpaired) electrons. The van der Waals surface area contributed by atoms with Gasteiger partial charge in [-0.25, -0.2) is 0 Å². The van der Waals surface area contributed by atoms with Gasteiger partial charge >= 0.3 is 0 Å². The smallest absolute Gasteiger partial charge is 0.220 e. The standard InChI is InChI=1S/C65H121NO8/c1-3-5-7-9-11-13-15-17-19-21-23-24-25-26-27-28-29-30-31-32-33-34-35-36-37-39-41-43-45-47-49-51-53-55-61(69)66-58(57-73-65-64(72)63(71)62(70)60(56-67)74-65)59(68)54-52-50-48-46-44-42-40-38-22-20-18-16-14-12-10-8-6-4-2/h23-24,26-27,44,46,52,54,58-60,62-65,67-68,70-72H,3-22,25,28-43,45,47-51,53,55-57H2,1-2H3,(H,66,69)/b24-23-,27-26-,46-44+,54-52+. The van der Waals surface area contributed by atoms with E-state index in [0.717, 1.165) is 44.9 Å². The number of carbonyl (C=O) groups is 1. The molecule has 0 aromatic rings. The van der Waals surface area contributed by atoms with E-state index >= 15 is 0 Å². The van der Waals surface area contributed by atoms with Crippen molar-refractivity contribution >= 4 is 5.91 Å². The number of unbranched alkanes of at least 4 members (excludes halogenated alkanes) is 39. The summed E-state index contributed by atoms with van der Waals surface area (Å²) >= 11 is 0. The molecule has 7 atom stereocenters. The maximum atomic E-state index is 13.1. The monoisotopic (exact) mass is 1040 g/mol.